The summed E-state index contributed by atoms with van der Waals surface area (Å²) in [5.41, 5.74) is 5.50. The molecule has 0 aromatic heterocycles. The molecule has 0 atom stereocenters. The van der Waals surface area contributed by atoms with Gasteiger partial charge in [0.05, 0.1) is 13.2 Å². The Kier molecular flexibility index (Phi) is 3.37. The summed E-state index contributed by atoms with van der Waals surface area (Å²) in [5, 5.41) is 0. The van der Waals surface area contributed by atoms with Crippen molar-refractivity contribution >= 4 is 0 Å². The van der Waals surface area contributed by atoms with E-state index in [9.17, 15) is 0 Å². The van der Waals surface area contributed by atoms with Gasteiger partial charge in [-0.3, -0.25) is 5.84 Å². The van der Waals surface area contributed by atoms with Gasteiger partial charge in [-0.2, -0.15) is 0 Å². The van der Waals surface area contributed by atoms with Crippen LogP contribution in [0.5, 0.6) is 0 Å². The van der Waals surface area contributed by atoms with Gasteiger partial charge in [-0.25, -0.2) is 5.43 Å². The zero-order valence-electron chi connectivity index (χ0n) is 10.8. The van der Waals surface area contributed by atoms with E-state index in [1.165, 1.54) is 43.2 Å². The lowest BCUT2D eigenvalue weighted by Crippen LogP contribution is -2.60. The predicted molar refractivity (Wildman–Crippen MR) is 72.1 cm³/mol. The van der Waals surface area contributed by atoms with Crippen molar-refractivity contribution in [3.63, 3.8) is 0 Å². The van der Waals surface area contributed by atoms with Crippen molar-refractivity contribution in [2.75, 3.05) is 13.2 Å². The van der Waals surface area contributed by atoms with Gasteiger partial charge >= 0.3 is 0 Å². The van der Waals surface area contributed by atoms with Gasteiger partial charge < -0.3 is 4.74 Å². The average molecular weight is 246 g/mol. The van der Waals surface area contributed by atoms with Crippen LogP contribution in [0.3, 0.4) is 0 Å². The summed E-state index contributed by atoms with van der Waals surface area (Å²) in [6, 6.07) is 8.99. The third-order valence-corrected chi connectivity index (χ3v) is 4.51. The molecule has 0 amide bonds. The second kappa shape index (κ2) is 5.00. The Morgan fingerprint density at radius 3 is 2.22 bits per heavy atom. The van der Waals surface area contributed by atoms with E-state index in [2.05, 4.69) is 29.7 Å². The minimum absolute atomic E-state index is 0.148. The molecule has 1 aromatic rings. The Hall–Kier alpha value is -0.900. The van der Waals surface area contributed by atoms with E-state index in [1.54, 1.807) is 0 Å². The van der Waals surface area contributed by atoms with E-state index in [-0.39, 0.29) is 5.54 Å². The molecule has 0 spiro atoms. The summed E-state index contributed by atoms with van der Waals surface area (Å²) >= 11 is 0. The number of ether oxygens (including phenoxy) is 1. The monoisotopic (exact) mass is 246 g/mol. The molecule has 18 heavy (non-hydrogen) atoms. The predicted octanol–water partition coefficient (Wildman–Crippen LogP) is 2.42. The minimum atomic E-state index is -0.148. The van der Waals surface area contributed by atoms with Crippen LogP contribution >= 0.6 is 0 Å². The second-order valence-corrected chi connectivity index (χ2v) is 5.68. The van der Waals surface area contributed by atoms with Gasteiger partial charge in [-0.1, -0.05) is 43.5 Å². The van der Waals surface area contributed by atoms with Crippen molar-refractivity contribution in [2.45, 2.75) is 43.6 Å². The highest BCUT2D eigenvalue weighted by Gasteiger charge is 2.39. The first-order valence-electron chi connectivity index (χ1n) is 7.00. The second-order valence-electron chi connectivity index (χ2n) is 5.68. The molecule has 0 radical (unpaired) electrons. The standard InChI is InChI=1S/C15H22N2O/c16-17-15(10-18-11-15)14-8-6-13(7-9-14)12-4-2-1-3-5-12/h6-9,12,17H,1-5,10-11,16H2. The molecule has 1 heterocycles. The molecule has 0 unspecified atom stereocenters. The summed E-state index contributed by atoms with van der Waals surface area (Å²) in [6.07, 6.45) is 6.88. The first-order valence-corrected chi connectivity index (χ1v) is 7.00. The van der Waals surface area contributed by atoms with Crippen LogP contribution in [-0.2, 0) is 10.3 Å². The average Bonchev–Trinajstić information content (AvgIpc) is 2.40. The number of rotatable bonds is 3. The zero-order valence-corrected chi connectivity index (χ0v) is 10.8. The SMILES string of the molecule is NNC1(c2ccc(C3CCCCC3)cc2)COC1. The molecule has 1 aliphatic heterocycles. The van der Waals surface area contributed by atoms with E-state index in [0.29, 0.717) is 13.2 Å². The summed E-state index contributed by atoms with van der Waals surface area (Å²) < 4.78 is 5.29. The molecule has 1 saturated carbocycles. The van der Waals surface area contributed by atoms with Gasteiger partial charge in [0.25, 0.3) is 0 Å². The molecule has 2 aliphatic rings. The Morgan fingerprint density at radius 1 is 1.06 bits per heavy atom. The lowest BCUT2D eigenvalue weighted by molar-refractivity contribution is -0.0787. The molecule has 3 rings (SSSR count). The fourth-order valence-corrected chi connectivity index (χ4v) is 3.15. The first kappa shape index (κ1) is 12.2. The van der Waals surface area contributed by atoms with E-state index >= 15 is 0 Å². The summed E-state index contributed by atoms with van der Waals surface area (Å²) in [4.78, 5) is 0. The largest absolute Gasteiger partial charge is 0.377 e. The molecule has 2 fully saturated rings. The summed E-state index contributed by atoms with van der Waals surface area (Å²) in [6.45, 7) is 1.35. The van der Waals surface area contributed by atoms with Crippen LogP contribution in [0.1, 0.15) is 49.1 Å². The Bertz CT molecular complexity index is 386. The van der Waals surface area contributed by atoms with Crippen LogP contribution in [0.15, 0.2) is 24.3 Å². The zero-order chi connectivity index (χ0) is 12.4. The summed E-state index contributed by atoms with van der Waals surface area (Å²) in [7, 11) is 0. The molecule has 1 aliphatic carbocycles. The van der Waals surface area contributed by atoms with Crippen LogP contribution in [-0.4, -0.2) is 13.2 Å². The molecular weight excluding hydrogens is 224 g/mol. The van der Waals surface area contributed by atoms with Crippen LogP contribution < -0.4 is 11.3 Å². The van der Waals surface area contributed by atoms with Crippen molar-refractivity contribution in [1.82, 2.24) is 5.43 Å². The highest BCUT2D eigenvalue weighted by molar-refractivity contribution is 5.32. The maximum Gasteiger partial charge on any atom is 0.103 e. The highest BCUT2D eigenvalue weighted by atomic mass is 16.5. The molecule has 1 aromatic carbocycles. The van der Waals surface area contributed by atoms with Crippen molar-refractivity contribution in [2.24, 2.45) is 5.84 Å². The fraction of sp³-hybridized carbons (Fsp3) is 0.600. The number of hydrazine groups is 1. The van der Waals surface area contributed by atoms with Crippen LogP contribution in [0, 0.1) is 0 Å². The third-order valence-electron chi connectivity index (χ3n) is 4.51. The van der Waals surface area contributed by atoms with Gasteiger partial charge in [0, 0.05) is 0 Å². The minimum Gasteiger partial charge on any atom is -0.377 e. The quantitative estimate of drug-likeness (QED) is 0.636. The number of hydrogen-bond donors (Lipinski definition) is 2. The van der Waals surface area contributed by atoms with Gasteiger partial charge in [-0.05, 0) is 29.9 Å². The molecule has 98 valence electrons. The van der Waals surface area contributed by atoms with Crippen LogP contribution in [0.25, 0.3) is 0 Å². The number of nitrogens with one attached hydrogen (secondary N) is 1. The smallest absolute Gasteiger partial charge is 0.103 e. The van der Waals surface area contributed by atoms with E-state index in [0.717, 1.165) is 5.92 Å². The van der Waals surface area contributed by atoms with Crippen LogP contribution in [0.2, 0.25) is 0 Å². The molecule has 0 bridgehead atoms. The maximum absolute atomic E-state index is 5.65. The fourth-order valence-electron chi connectivity index (χ4n) is 3.15. The maximum atomic E-state index is 5.65. The van der Waals surface area contributed by atoms with Gasteiger partial charge in [0.2, 0.25) is 0 Å². The Balaban J connectivity index is 1.76. The molecule has 3 nitrogen and oxygen atoms in total. The normalized spacial score (nSPS) is 23.6. The van der Waals surface area contributed by atoms with E-state index < -0.39 is 0 Å². The van der Waals surface area contributed by atoms with Crippen molar-refractivity contribution in [3.05, 3.63) is 35.4 Å². The van der Waals surface area contributed by atoms with Gasteiger partial charge in [-0.15, -0.1) is 0 Å². The van der Waals surface area contributed by atoms with Crippen molar-refractivity contribution in [1.29, 1.82) is 0 Å². The molecule has 3 heteroatoms. The third kappa shape index (κ3) is 2.07. The number of nitrogens with two attached hydrogens (primary N) is 1. The van der Waals surface area contributed by atoms with E-state index in [4.69, 9.17) is 10.6 Å². The van der Waals surface area contributed by atoms with Crippen LogP contribution in [0.4, 0.5) is 0 Å². The first-order chi connectivity index (χ1) is 8.84. The number of benzene rings is 1. The summed E-state index contributed by atoms with van der Waals surface area (Å²) in [5.74, 6) is 6.42. The highest BCUT2D eigenvalue weighted by Crippen LogP contribution is 2.34. The lowest BCUT2D eigenvalue weighted by atomic mass is 9.82. The van der Waals surface area contributed by atoms with Gasteiger partial charge in [0.1, 0.15) is 5.54 Å². The molecule has 1 saturated heterocycles. The molecular formula is C15H22N2O. The number of hydrogen-bond acceptors (Lipinski definition) is 3. The lowest BCUT2D eigenvalue weighted by Gasteiger charge is -2.41. The van der Waals surface area contributed by atoms with Crippen molar-refractivity contribution < 1.29 is 4.74 Å². The van der Waals surface area contributed by atoms with Gasteiger partial charge in [0.15, 0.2) is 0 Å². The van der Waals surface area contributed by atoms with E-state index in [1.807, 2.05) is 0 Å². The van der Waals surface area contributed by atoms with Crippen molar-refractivity contribution in [3.8, 4) is 0 Å². The topological polar surface area (TPSA) is 47.3 Å². The Morgan fingerprint density at radius 2 is 1.72 bits per heavy atom. The molecule has 3 N–H and O–H groups in total. The Labute approximate surface area is 109 Å².